The summed E-state index contributed by atoms with van der Waals surface area (Å²) < 4.78 is 5.30. The molecule has 1 aromatic heterocycles. The standard InChI is InChI=1S/C18H14O2/c1-13-6-11-18(20-13)17(19)10-8-14-7-9-15-4-2-3-5-16(15)12-14/h2-12H,1H3/b10-8+. The zero-order valence-electron chi connectivity index (χ0n) is 11.2. The van der Waals surface area contributed by atoms with Gasteiger partial charge in [0.15, 0.2) is 5.76 Å². The van der Waals surface area contributed by atoms with Crippen LogP contribution >= 0.6 is 0 Å². The third kappa shape index (κ3) is 2.54. The average molecular weight is 262 g/mol. The molecule has 0 saturated heterocycles. The highest BCUT2D eigenvalue weighted by Crippen LogP contribution is 2.17. The molecular weight excluding hydrogens is 248 g/mol. The van der Waals surface area contributed by atoms with Crippen LogP contribution in [-0.4, -0.2) is 5.78 Å². The third-order valence-electron chi connectivity index (χ3n) is 3.18. The first kappa shape index (κ1) is 12.4. The summed E-state index contributed by atoms with van der Waals surface area (Å²) >= 11 is 0. The number of rotatable bonds is 3. The number of benzene rings is 2. The van der Waals surface area contributed by atoms with E-state index in [1.807, 2.05) is 31.2 Å². The van der Waals surface area contributed by atoms with Crippen LogP contribution in [0.1, 0.15) is 21.9 Å². The minimum absolute atomic E-state index is 0.119. The summed E-state index contributed by atoms with van der Waals surface area (Å²) in [5, 5.41) is 2.36. The molecule has 0 radical (unpaired) electrons. The fourth-order valence-corrected chi connectivity index (χ4v) is 2.13. The van der Waals surface area contributed by atoms with Gasteiger partial charge in [-0.25, -0.2) is 0 Å². The first-order valence-corrected chi connectivity index (χ1v) is 6.50. The molecule has 3 aromatic rings. The first-order chi connectivity index (χ1) is 9.72. The summed E-state index contributed by atoms with van der Waals surface area (Å²) in [7, 11) is 0. The van der Waals surface area contributed by atoms with Crippen LogP contribution in [0.2, 0.25) is 0 Å². The van der Waals surface area contributed by atoms with Gasteiger partial charge >= 0.3 is 0 Å². The highest BCUT2D eigenvalue weighted by molar-refractivity contribution is 6.05. The van der Waals surface area contributed by atoms with E-state index in [2.05, 4.69) is 24.3 Å². The van der Waals surface area contributed by atoms with Gasteiger partial charge in [0, 0.05) is 0 Å². The number of fused-ring (bicyclic) bond motifs is 1. The van der Waals surface area contributed by atoms with Crippen molar-refractivity contribution in [1.82, 2.24) is 0 Å². The number of hydrogen-bond donors (Lipinski definition) is 0. The van der Waals surface area contributed by atoms with Gasteiger partial charge in [0.05, 0.1) is 0 Å². The van der Waals surface area contributed by atoms with Crippen LogP contribution in [0.25, 0.3) is 16.8 Å². The van der Waals surface area contributed by atoms with E-state index in [0.717, 1.165) is 16.7 Å². The number of furan rings is 1. The van der Waals surface area contributed by atoms with E-state index >= 15 is 0 Å². The maximum Gasteiger partial charge on any atom is 0.221 e. The summed E-state index contributed by atoms with van der Waals surface area (Å²) in [5.41, 5.74) is 1.00. The number of allylic oxidation sites excluding steroid dienone is 1. The molecule has 98 valence electrons. The van der Waals surface area contributed by atoms with Gasteiger partial charge in [0.25, 0.3) is 0 Å². The predicted octanol–water partition coefficient (Wildman–Crippen LogP) is 4.64. The normalized spacial score (nSPS) is 11.2. The van der Waals surface area contributed by atoms with Crippen molar-refractivity contribution in [2.45, 2.75) is 6.92 Å². The molecule has 0 N–H and O–H groups in total. The highest BCUT2D eigenvalue weighted by Gasteiger charge is 2.05. The maximum atomic E-state index is 11.9. The molecule has 2 heteroatoms. The summed E-state index contributed by atoms with van der Waals surface area (Å²) in [6.45, 7) is 1.82. The van der Waals surface area contributed by atoms with Gasteiger partial charge in [0.1, 0.15) is 5.76 Å². The maximum absolute atomic E-state index is 11.9. The molecule has 0 bridgehead atoms. The molecular formula is C18H14O2. The van der Waals surface area contributed by atoms with Crippen LogP contribution in [0.3, 0.4) is 0 Å². The van der Waals surface area contributed by atoms with Crippen molar-refractivity contribution in [3.05, 3.63) is 77.8 Å². The Balaban J connectivity index is 1.85. The molecule has 2 aromatic carbocycles. The highest BCUT2D eigenvalue weighted by atomic mass is 16.3. The second kappa shape index (κ2) is 5.17. The Bertz CT molecular complexity index is 794. The van der Waals surface area contributed by atoms with E-state index in [9.17, 15) is 4.79 Å². The zero-order valence-corrected chi connectivity index (χ0v) is 11.2. The van der Waals surface area contributed by atoms with Crippen LogP contribution in [0.5, 0.6) is 0 Å². The van der Waals surface area contributed by atoms with E-state index < -0.39 is 0 Å². The van der Waals surface area contributed by atoms with Gasteiger partial charge in [0.2, 0.25) is 5.78 Å². The molecule has 20 heavy (non-hydrogen) atoms. The van der Waals surface area contributed by atoms with Crippen molar-refractivity contribution in [1.29, 1.82) is 0 Å². The summed E-state index contributed by atoms with van der Waals surface area (Å²) in [6.07, 6.45) is 3.36. The van der Waals surface area contributed by atoms with Gasteiger partial charge in [-0.3, -0.25) is 4.79 Å². The zero-order chi connectivity index (χ0) is 13.9. The van der Waals surface area contributed by atoms with Crippen LogP contribution in [-0.2, 0) is 0 Å². The summed E-state index contributed by atoms with van der Waals surface area (Å²) in [5.74, 6) is 0.998. The number of carbonyl (C=O) groups is 1. The largest absolute Gasteiger partial charge is 0.458 e. The molecule has 2 nitrogen and oxygen atoms in total. The Morgan fingerprint density at radius 2 is 1.80 bits per heavy atom. The van der Waals surface area contributed by atoms with Gasteiger partial charge in [-0.1, -0.05) is 42.5 Å². The Morgan fingerprint density at radius 1 is 1.00 bits per heavy atom. The summed E-state index contributed by atoms with van der Waals surface area (Å²) in [4.78, 5) is 11.9. The second-order valence-electron chi connectivity index (χ2n) is 4.71. The lowest BCUT2D eigenvalue weighted by Crippen LogP contribution is -1.90. The van der Waals surface area contributed by atoms with Crippen molar-refractivity contribution in [3.8, 4) is 0 Å². The Hall–Kier alpha value is -2.61. The number of hydrogen-bond acceptors (Lipinski definition) is 2. The van der Waals surface area contributed by atoms with Crippen molar-refractivity contribution in [3.63, 3.8) is 0 Å². The van der Waals surface area contributed by atoms with Gasteiger partial charge in [-0.05, 0) is 47.5 Å². The number of carbonyl (C=O) groups excluding carboxylic acids is 1. The molecule has 0 aliphatic rings. The van der Waals surface area contributed by atoms with Crippen LogP contribution in [0.4, 0.5) is 0 Å². The van der Waals surface area contributed by atoms with E-state index in [1.165, 1.54) is 5.39 Å². The van der Waals surface area contributed by atoms with E-state index in [-0.39, 0.29) is 5.78 Å². The van der Waals surface area contributed by atoms with Gasteiger partial charge in [-0.2, -0.15) is 0 Å². The Labute approximate surface area is 117 Å². The molecule has 0 aliphatic heterocycles. The van der Waals surface area contributed by atoms with Crippen molar-refractivity contribution in [2.24, 2.45) is 0 Å². The fraction of sp³-hybridized carbons (Fsp3) is 0.0556. The van der Waals surface area contributed by atoms with E-state index in [4.69, 9.17) is 4.42 Å². The minimum Gasteiger partial charge on any atom is -0.458 e. The Kier molecular flexibility index (Phi) is 3.21. The van der Waals surface area contributed by atoms with Gasteiger partial charge < -0.3 is 4.42 Å². The smallest absolute Gasteiger partial charge is 0.221 e. The molecule has 0 aliphatic carbocycles. The quantitative estimate of drug-likeness (QED) is 0.508. The van der Waals surface area contributed by atoms with E-state index in [0.29, 0.717) is 5.76 Å². The second-order valence-corrected chi connectivity index (χ2v) is 4.71. The lowest BCUT2D eigenvalue weighted by Gasteiger charge is -1.98. The van der Waals surface area contributed by atoms with Crippen LogP contribution in [0, 0.1) is 6.92 Å². The molecule has 0 unspecified atom stereocenters. The molecule has 1 heterocycles. The number of ketones is 1. The SMILES string of the molecule is Cc1ccc(C(=O)/C=C/c2ccc3ccccc3c2)o1. The lowest BCUT2D eigenvalue weighted by molar-refractivity contribution is 0.102. The molecule has 0 fully saturated rings. The molecule has 3 rings (SSSR count). The average Bonchev–Trinajstić information content (AvgIpc) is 2.91. The monoisotopic (exact) mass is 262 g/mol. The van der Waals surface area contributed by atoms with Gasteiger partial charge in [-0.15, -0.1) is 0 Å². The van der Waals surface area contributed by atoms with Crippen molar-refractivity contribution in [2.75, 3.05) is 0 Å². The predicted molar refractivity (Wildman–Crippen MR) is 80.8 cm³/mol. The topological polar surface area (TPSA) is 30.2 Å². The molecule has 0 amide bonds. The molecule has 0 spiro atoms. The Morgan fingerprint density at radius 3 is 2.55 bits per heavy atom. The third-order valence-corrected chi connectivity index (χ3v) is 3.18. The first-order valence-electron chi connectivity index (χ1n) is 6.50. The molecule has 0 saturated carbocycles. The van der Waals surface area contributed by atoms with Crippen molar-refractivity contribution >= 4 is 22.6 Å². The molecule has 0 atom stereocenters. The fourth-order valence-electron chi connectivity index (χ4n) is 2.13. The van der Waals surface area contributed by atoms with E-state index in [1.54, 1.807) is 18.2 Å². The van der Waals surface area contributed by atoms with Crippen LogP contribution < -0.4 is 0 Å². The van der Waals surface area contributed by atoms with Crippen molar-refractivity contribution < 1.29 is 9.21 Å². The van der Waals surface area contributed by atoms with Crippen LogP contribution in [0.15, 0.2) is 65.1 Å². The minimum atomic E-state index is -0.119. The lowest BCUT2D eigenvalue weighted by atomic mass is 10.1. The number of aryl methyl sites for hydroxylation is 1. The summed E-state index contributed by atoms with van der Waals surface area (Å²) in [6, 6.07) is 17.7.